The highest BCUT2D eigenvalue weighted by atomic mass is 32.2. The zero-order valence-corrected chi connectivity index (χ0v) is 14.9. The van der Waals surface area contributed by atoms with Crippen LogP contribution in [0.3, 0.4) is 0 Å². The second kappa shape index (κ2) is 6.40. The number of sulfonamides is 1. The SMILES string of the molecule is CC1(C)CCCC(Nc2ccc(S(=O)(=O)N3CCCC3)cn2)C1. The second-order valence-corrected chi connectivity index (χ2v) is 9.53. The predicted molar refractivity (Wildman–Crippen MR) is 91.9 cm³/mol. The van der Waals surface area contributed by atoms with Crippen LogP contribution in [0, 0.1) is 5.41 Å². The highest BCUT2D eigenvalue weighted by Crippen LogP contribution is 2.36. The van der Waals surface area contributed by atoms with Gasteiger partial charge in [0, 0.05) is 25.3 Å². The number of nitrogens with one attached hydrogen (secondary N) is 1. The van der Waals surface area contributed by atoms with Gasteiger partial charge in [-0.1, -0.05) is 20.3 Å². The molecule has 0 amide bonds. The number of anilines is 1. The Morgan fingerprint density at radius 3 is 2.57 bits per heavy atom. The summed E-state index contributed by atoms with van der Waals surface area (Å²) in [5.74, 6) is 0.771. The Labute approximate surface area is 139 Å². The van der Waals surface area contributed by atoms with Crippen LogP contribution in [0.5, 0.6) is 0 Å². The van der Waals surface area contributed by atoms with E-state index in [2.05, 4.69) is 24.1 Å². The average molecular weight is 337 g/mol. The Kier molecular flexibility index (Phi) is 4.65. The van der Waals surface area contributed by atoms with Crippen LogP contribution in [0.4, 0.5) is 5.82 Å². The number of nitrogens with zero attached hydrogens (tertiary/aromatic N) is 2. The predicted octanol–water partition coefficient (Wildman–Crippen LogP) is 3.25. The number of hydrogen-bond acceptors (Lipinski definition) is 4. The van der Waals surface area contributed by atoms with Gasteiger partial charge < -0.3 is 5.32 Å². The standard InChI is InChI=1S/C17H27N3O2S/c1-17(2)9-5-6-14(12-17)19-16-8-7-15(13-18-16)23(21,22)20-10-3-4-11-20/h7-8,13-14H,3-6,9-12H2,1-2H3,(H,18,19). The van der Waals surface area contributed by atoms with E-state index >= 15 is 0 Å². The first-order valence-corrected chi connectivity index (χ1v) is 10.0. The van der Waals surface area contributed by atoms with E-state index in [4.69, 9.17) is 0 Å². The maximum absolute atomic E-state index is 12.5. The minimum Gasteiger partial charge on any atom is -0.367 e. The molecular formula is C17H27N3O2S. The summed E-state index contributed by atoms with van der Waals surface area (Å²) in [7, 11) is -3.36. The molecule has 1 saturated heterocycles. The topological polar surface area (TPSA) is 62.3 Å². The number of rotatable bonds is 4. The molecule has 2 heterocycles. The molecule has 0 aromatic carbocycles. The van der Waals surface area contributed by atoms with Crippen LogP contribution in [0.25, 0.3) is 0 Å². The van der Waals surface area contributed by atoms with Gasteiger partial charge in [0.2, 0.25) is 10.0 Å². The Balaban J connectivity index is 1.67. The van der Waals surface area contributed by atoms with Crippen molar-refractivity contribution in [3.63, 3.8) is 0 Å². The molecular weight excluding hydrogens is 310 g/mol. The molecule has 6 heteroatoms. The minimum absolute atomic E-state index is 0.300. The molecule has 1 atom stereocenters. The van der Waals surface area contributed by atoms with Crippen LogP contribution in [0.2, 0.25) is 0 Å². The van der Waals surface area contributed by atoms with Crippen LogP contribution in [-0.2, 0) is 10.0 Å². The van der Waals surface area contributed by atoms with E-state index in [9.17, 15) is 8.42 Å². The van der Waals surface area contributed by atoms with E-state index in [1.807, 2.05) is 0 Å². The monoisotopic (exact) mass is 337 g/mol. The Morgan fingerprint density at radius 1 is 1.22 bits per heavy atom. The summed E-state index contributed by atoms with van der Waals surface area (Å²) in [5.41, 5.74) is 0.370. The van der Waals surface area contributed by atoms with Crippen molar-refractivity contribution in [3.05, 3.63) is 18.3 Å². The molecule has 5 nitrogen and oxygen atoms in total. The third kappa shape index (κ3) is 3.86. The first-order chi connectivity index (χ1) is 10.9. The second-order valence-electron chi connectivity index (χ2n) is 7.59. The Hall–Kier alpha value is -1.14. The quantitative estimate of drug-likeness (QED) is 0.916. The molecule has 128 valence electrons. The Bertz CT molecular complexity index is 634. The zero-order valence-electron chi connectivity index (χ0n) is 14.1. The third-order valence-corrected chi connectivity index (χ3v) is 6.88. The molecule has 23 heavy (non-hydrogen) atoms. The van der Waals surface area contributed by atoms with Crippen LogP contribution >= 0.6 is 0 Å². The summed E-state index contributed by atoms with van der Waals surface area (Å²) >= 11 is 0. The zero-order chi connectivity index (χ0) is 16.5. The van der Waals surface area contributed by atoms with Gasteiger partial charge in [-0.25, -0.2) is 13.4 Å². The molecule has 1 aromatic rings. The molecule has 1 N–H and O–H groups in total. The van der Waals surface area contributed by atoms with Crippen LogP contribution < -0.4 is 5.32 Å². The first-order valence-electron chi connectivity index (χ1n) is 8.60. The highest BCUT2D eigenvalue weighted by Gasteiger charge is 2.29. The molecule has 0 spiro atoms. The van der Waals surface area contributed by atoms with Crippen molar-refractivity contribution < 1.29 is 8.42 Å². The van der Waals surface area contributed by atoms with Gasteiger partial charge in [0.15, 0.2) is 0 Å². The molecule has 1 aliphatic heterocycles. The summed E-state index contributed by atoms with van der Waals surface area (Å²) in [6.45, 7) is 5.86. The average Bonchev–Trinajstić information content (AvgIpc) is 3.02. The van der Waals surface area contributed by atoms with E-state index in [-0.39, 0.29) is 0 Å². The van der Waals surface area contributed by atoms with Crippen molar-refractivity contribution >= 4 is 15.8 Å². The maximum Gasteiger partial charge on any atom is 0.244 e. The van der Waals surface area contributed by atoms with Crippen molar-refractivity contribution in [1.29, 1.82) is 0 Å². The normalized spacial score (nSPS) is 25.4. The number of hydrogen-bond donors (Lipinski definition) is 1. The molecule has 2 fully saturated rings. The maximum atomic E-state index is 12.5. The summed E-state index contributed by atoms with van der Waals surface area (Å²) in [6.07, 6.45) is 8.16. The lowest BCUT2D eigenvalue weighted by molar-refractivity contribution is 0.229. The number of pyridine rings is 1. The fraction of sp³-hybridized carbons (Fsp3) is 0.706. The number of aromatic nitrogens is 1. The van der Waals surface area contributed by atoms with E-state index in [0.717, 1.165) is 31.5 Å². The molecule has 1 aromatic heterocycles. The lowest BCUT2D eigenvalue weighted by atomic mass is 9.75. The van der Waals surface area contributed by atoms with Gasteiger partial charge in [-0.05, 0) is 49.7 Å². The van der Waals surface area contributed by atoms with E-state index < -0.39 is 10.0 Å². The summed E-state index contributed by atoms with van der Waals surface area (Å²) in [6, 6.07) is 3.90. The van der Waals surface area contributed by atoms with Crippen LogP contribution in [0.15, 0.2) is 23.2 Å². The fourth-order valence-corrected chi connectivity index (χ4v) is 5.19. The minimum atomic E-state index is -3.36. The first kappa shape index (κ1) is 16.7. The van der Waals surface area contributed by atoms with Gasteiger partial charge in [0.05, 0.1) is 0 Å². The van der Waals surface area contributed by atoms with Crippen molar-refractivity contribution in [2.24, 2.45) is 5.41 Å². The lowest BCUT2D eigenvalue weighted by Crippen LogP contribution is -2.32. The molecule has 0 bridgehead atoms. The Morgan fingerprint density at radius 2 is 1.96 bits per heavy atom. The van der Waals surface area contributed by atoms with Crippen molar-refractivity contribution in [3.8, 4) is 0 Å². The fourth-order valence-electron chi connectivity index (χ4n) is 3.73. The van der Waals surface area contributed by atoms with Crippen LogP contribution in [-0.4, -0.2) is 36.8 Å². The molecule has 3 rings (SSSR count). The largest absolute Gasteiger partial charge is 0.367 e. The van der Waals surface area contributed by atoms with Gasteiger partial charge in [0.1, 0.15) is 10.7 Å². The summed E-state index contributed by atoms with van der Waals surface area (Å²) < 4.78 is 26.5. The van der Waals surface area contributed by atoms with E-state index in [1.54, 1.807) is 16.4 Å². The molecule has 1 aliphatic carbocycles. The van der Waals surface area contributed by atoms with E-state index in [0.29, 0.717) is 29.4 Å². The van der Waals surface area contributed by atoms with Gasteiger partial charge in [-0.3, -0.25) is 0 Å². The van der Waals surface area contributed by atoms with Gasteiger partial charge in [-0.15, -0.1) is 0 Å². The highest BCUT2D eigenvalue weighted by molar-refractivity contribution is 7.89. The summed E-state index contributed by atoms with van der Waals surface area (Å²) in [5, 5.41) is 3.47. The van der Waals surface area contributed by atoms with Gasteiger partial charge in [-0.2, -0.15) is 4.31 Å². The lowest BCUT2D eigenvalue weighted by Gasteiger charge is -2.35. The van der Waals surface area contributed by atoms with Gasteiger partial charge >= 0.3 is 0 Å². The van der Waals surface area contributed by atoms with Crippen molar-refractivity contribution in [1.82, 2.24) is 9.29 Å². The molecule has 1 saturated carbocycles. The van der Waals surface area contributed by atoms with Crippen molar-refractivity contribution in [2.45, 2.75) is 63.3 Å². The van der Waals surface area contributed by atoms with Gasteiger partial charge in [0.25, 0.3) is 0 Å². The van der Waals surface area contributed by atoms with E-state index in [1.165, 1.54) is 19.0 Å². The summed E-state index contributed by atoms with van der Waals surface area (Å²) in [4.78, 5) is 4.64. The molecule has 0 radical (unpaired) electrons. The van der Waals surface area contributed by atoms with Crippen molar-refractivity contribution in [2.75, 3.05) is 18.4 Å². The van der Waals surface area contributed by atoms with Crippen LogP contribution in [0.1, 0.15) is 52.4 Å². The molecule has 1 unspecified atom stereocenters. The third-order valence-electron chi connectivity index (χ3n) is 5.00. The molecule has 2 aliphatic rings. The smallest absolute Gasteiger partial charge is 0.244 e.